The lowest BCUT2D eigenvalue weighted by atomic mass is 10.3. The first-order valence-electron chi connectivity index (χ1n) is 5.80. The number of hydrogen-bond donors (Lipinski definition) is 0. The summed E-state index contributed by atoms with van der Waals surface area (Å²) in [5.74, 6) is -0.119. The molecular weight excluding hydrogens is 449 g/mol. The van der Waals surface area contributed by atoms with Crippen LogP contribution in [0, 0.1) is 0 Å². The smallest absolute Gasteiger partial charge is 0.282 e. The first kappa shape index (κ1) is 19.4. The van der Waals surface area contributed by atoms with E-state index < -0.39 is 6.16 Å². The normalized spacial score (nSPS) is 10.2. The van der Waals surface area contributed by atoms with Gasteiger partial charge in [-0.25, -0.2) is 9.78 Å². The van der Waals surface area contributed by atoms with Crippen molar-refractivity contribution >= 4 is 75.8 Å². The Morgan fingerprint density at radius 2 is 0.917 bits per heavy atom. The highest BCUT2D eigenvalue weighted by Gasteiger charge is 2.15. The average molecular weight is 453 g/mol. The predicted molar refractivity (Wildman–Crippen MR) is 91.8 cm³/mol. The second-order valence-corrected chi connectivity index (χ2v) is 6.42. The molecule has 128 valence electrons. The molecule has 0 heterocycles. The number of carbonyl (C=O) groups is 1. The maximum atomic E-state index is 11.4. The Morgan fingerprint density at radius 3 is 1.29 bits per heavy atom. The Labute approximate surface area is 165 Å². The van der Waals surface area contributed by atoms with Crippen molar-refractivity contribution in [2.75, 3.05) is 0 Å². The fraction of sp³-hybridized carbons (Fsp3) is 0. The molecule has 0 spiro atoms. The Kier molecular flexibility index (Phi) is 6.80. The molecule has 2 aromatic carbocycles. The zero-order valence-corrected chi connectivity index (χ0v) is 15.7. The van der Waals surface area contributed by atoms with Gasteiger partial charge in [-0.2, -0.15) is 4.79 Å². The van der Waals surface area contributed by atoms with Crippen LogP contribution >= 0.6 is 69.6 Å². The lowest BCUT2D eigenvalue weighted by Crippen LogP contribution is -2.13. The highest BCUT2D eigenvalue weighted by atomic mass is 35.5. The lowest BCUT2D eigenvalue weighted by molar-refractivity contribution is -0.236. The van der Waals surface area contributed by atoms with Crippen LogP contribution in [0.3, 0.4) is 0 Å². The van der Waals surface area contributed by atoms with Crippen LogP contribution in [-0.2, 0) is 9.78 Å². The van der Waals surface area contributed by atoms with Gasteiger partial charge < -0.3 is 0 Å². The van der Waals surface area contributed by atoms with E-state index in [4.69, 9.17) is 69.6 Å². The molecule has 11 heteroatoms. The van der Waals surface area contributed by atoms with Gasteiger partial charge in [0, 0.05) is 12.1 Å². The van der Waals surface area contributed by atoms with E-state index in [9.17, 15) is 4.79 Å². The van der Waals surface area contributed by atoms with Crippen LogP contribution in [0.4, 0.5) is 4.79 Å². The highest BCUT2D eigenvalue weighted by Crippen LogP contribution is 2.35. The van der Waals surface area contributed by atoms with E-state index >= 15 is 0 Å². The third-order valence-electron chi connectivity index (χ3n) is 2.35. The van der Waals surface area contributed by atoms with Crippen molar-refractivity contribution in [2.45, 2.75) is 0 Å². The Bertz CT molecular complexity index is 718. The number of hydrogen-bond acceptors (Lipinski definition) is 5. The van der Waals surface area contributed by atoms with Gasteiger partial charge in [0.05, 0.1) is 30.1 Å². The number of rotatable bonds is 4. The van der Waals surface area contributed by atoms with E-state index in [0.717, 1.165) is 0 Å². The van der Waals surface area contributed by atoms with Gasteiger partial charge in [-0.1, -0.05) is 69.6 Å². The Hall–Kier alpha value is -0.950. The lowest BCUT2D eigenvalue weighted by Gasteiger charge is -2.08. The number of benzene rings is 2. The Morgan fingerprint density at radius 1 is 0.583 bits per heavy atom. The molecule has 0 fully saturated rings. The van der Waals surface area contributed by atoms with Gasteiger partial charge in [0.2, 0.25) is 0 Å². The fourth-order valence-corrected chi connectivity index (χ4v) is 2.44. The van der Waals surface area contributed by atoms with E-state index in [2.05, 4.69) is 19.6 Å². The molecule has 0 atom stereocenters. The molecule has 0 aliphatic carbocycles. The zero-order chi connectivity index (χ0) is 17.9. The van der Waals surface area contributed by atoms with Gasteiger partial charge in [0.15, 0.2) is 11.5 Å². The van der Waals surface area contributed by atoms with Crippen LogP contribution < -0.4 is 9.78 Å². The molecule has 2 rings (SSSR count). The van der Waals surface area contributed by atoms with Crippen LogP contribution in [-0.4, -0.2) is 6.16 Å². The van der Waals surface area contributed by atoms with E-state index in [-0.39, 0.29) is 41.6 Å². The van der Waals surface area contributed by atoms with Crippen LogP contribution in [0.15, 0.2) is 24.3 Å². The largest absolute Gasteiger partial charge is 0.591 e. The summed E-state index contributed by atoms with van der Waals surface area (Å²) >= 11 is 34.7. The van der Waals surface area contributed by atoms with Crippen molar-refractivity contribution in [3.05, 3.63) is 54.4 Å². The van der Waals surface area contributed by atoms with Crippen molar-refractivity contribution in [3.63, 3.8) is 0 Å². The van der Waals surface area contributed by atoms with Crippen molar-refractivity contribution in [1.82, 2.24) is 0 Å². The quantitative estimate of drug-likeness (QED) is 0.282. The predicted octanol–water partition coefficient (Wildman–Crippen LogP) is 7.05. The molecule has 24 heavy (non-hydrogen) atoms. The van der Waals surface area contributed by atoms with Crippen molar-refractivity contribution in [1.29, 1.82) is 0 Å². The molecular formula is C13H4Cl6O5. The molecule has 0 aromatic heterocycles. The molecule has 0 N–H and O–H groups in total. The van der Waals surface area contributed by atoms with Gasteiger partial charge in [-0.05, 0) is 12.1 Å². The van der Waals surface area contributed by atoms with E-state index in [1.54, 1.807) is 0 Å². The maximum Gasteiger partial charge on any atom is 0.591 e. The average Bonchev–Trinajstić information content (AvgIpc) is 2.51. The molecule has 0 saturated heterocycles. The van der Waals surface area contributed by atoms with Crippen molar-refractivity contribution < 1.29 is 24.3 Å². The van der Waals surface area contributed by atoms with Crippen LogP contribution in [0.25, 0.3) is 0 Å². The molecule has 0 unspecified atom stereocenters. The number of carbonyl (C=O) groups excluding carboxylic acids is 1. The number of halogens is 6. The summed E-state index contributed by atoms with van der Waals surface area (Å²) in [6.07, 6.45) is -1.35. The topological polar surface area (TPSA) is 54.0 Å². The second-order valence-electron chi connectivity index (χ2n) is 3.98. The minimum absolute atomic E-state index is 0.0596. The van der Waals surface area contributed by atoms with Gasteiger partial charge in [-0.15, -0.1) is 0 Å². The van der Waals surface area contributed by atoms with Crippen molar-refractivity contribution in [2.24, 2.45) is 0 Å². The molecule has 0 amide bonds. The molecule has 2 aromatic rings. The van der Waals surface area contributed by atoms with Crippen LogP contribution in [0.1, 0.15) is 0 Å². The van der Waals surface area contributed by atoms with E-state index in [1.807, 2.05) is 0 Å². The Balaban J connectivity index is 1.93. The molecule has 0 saturated carbocycles. The summed E-state index contributed by atoms with van der Waals surface area (Å²) in [7, 11) is 0. The van der Waals surface area contributed by atoms with Crippen LogP contribution in [0.5, 0.6) is 11.5 Å². The zero-order valence-electron chi connectivity index (χ0n) is 11.1. The van der Waals surface area contributed by atoms with Gasteiger partial charge >= 0.3 is 6.16 Å². The molecule has 0 aliphatic rings. The summed E-state index contributed by atoms with van der Waals surface area (Å²) in [5, 5.41) is 0.818. The minimum atomic E-state index is -1.35. The molecule has 0 radical (unpaired) electrons. The van der Waals surface area contributed by atoms with E-state index in [0.29, 0.717) is 0 Å². The maximum absolute atomic E-state index is 11.4. The monoisotopic (exact) mass is 450 g/mol. The van der Waals surface area contributed by atoms with Gasteiger partial charge in [-0.3, -0.25) is 9.78 Å². The fourth-order valence-electron chi connectivity index (χ4n) is 1.31. The highest BCUT2D eigenvalue weighted by molar-refractivity contribution is 6.44. The molecule has 5 nitrogen and oxygen atoms in total. The van der Waals surface area contributed by atoms with Gasteiger partial charge in [0.25, 0.3) is 0 Å². The third kappa shape index (κ3) is 5.02. The van der Waals surface area contributed by atoms with E-state index in [1.165, 1.54) is 24.3 Å². The minimum Gasteiger partial charge on any atom is -0.282 e. The summed E-state index contributed by atoms with van der Waals surface area (Å²) in [5.41, 5.74) is 0. The van der Waals surface area contributed by atoms with Crippen LogP contribution in [0.2, 0.25) is 30.1 Å². The van der Waals surface area contributed by atoms with Crippen molar-refractivity contribution in [3.8, 4) is 11.5 Å². The summed E-state index contributed by atoms with van der Waals surface area (Å²) in [6, 6.07) is 5.11. The SMILES string of the molecule is O=C(OOc1cc(Cl)c(Cl)cc1Cl)OOc1cc(Cl)c(Cl)cc1Cl. The summed E-state index contributed by atoms with van der Waals surface area (Å²) < 4.78 is 0. The summed E-state index contributed by atoms with van der Waals surface area (Å²) in [6.45, 7) is 0. The second kappa shape index (κ2) is 8.43. The standard InChI is InChI=1S/C13H4Cl6O5/c14-5-1-9(18)11(3-7(5)16)21-23-13(20)24-22-12-4-8(17)6(15)2-10(12)19/h1-4H. The molecule has 0 bridgehead atoms. The molecule has 0 aliphatic heterocycles. The summed E-state index contributed by atoms with van der Waals surface area (Å²) in [4.78, 5) is 29.5. The first-order chi connectivity index (χ1) is 11.3. The third-order valence-corrected chi connectivity index (χ3v) is 4.38. The first-order valence-corrected chi connectivity index (χ1v) is 8.07. The van der Waals surface area contributed by atoms with Gasteiger partial charge in [0.1, 0.15) is 0 Å².